The standard InChI is InChI=1S/C17H22N2O3/c20-16(19-22)8-4-7-15-14(11-12-18-17(15)21)10-9-13-5-2-1-3-6-13/h1-3,5-6,22H,4,7-12H2,(H,18,21)(H,19,20). The van der Waals surface area contributed by atoms with Crippen molar-refractivity contribution in [1.29, 1.82) is 0 Å². The number of carbonyl (C=O) groups excluding carboxylic acids is 2. The monoisotopic (exact) mass is 302 g/mol. The summed E-state index contributed by atoms with van der Waals surface area (Å²) >= 11 is 0. The summed E-state index contributed by atoms with van der Waals surface area (Å²) in [6.07, 6.45) is 4.02. The van der Waals surface area contributed by atoms with E-state index in [0.717, 1.165) is 24.8 Å². The van der Waals surface area contributed by atoms with E-state index in [1.165, 1.54) is 11.1 Å². The number of aryl methyl sites for hydroxylation is 1. The average Bonchev–Trinajstić information content (AvgIpc) is 2.55. The van der Waals surface area contributed by atoms with Crippen molar-refractivity contribution in [2.24, 2.45) is 0 Å². The molecule has 0 atom stereocenters. The molecule has 2 rings (SSSR count). The minimum absolute atomic E-state index is 0.0151. The van der Waals surface area contributed by atoms with Crippen LogP contribution in [0.1, 0.15) is 37.7 Å². The highest BCUT2D eigenvalue weighted by molar-refractivity contribution is 5.95. The summed E-state index contributed by atoms with van der Waals surface area (Å²) in [7, 11) is 0. The van der Waals surface area contributed by atoms with Crippen molar-refractivity contribution in [2.75, 3.05) is 6.54 Å². The normalized spacial score (nSPS) is 14.7. The van der Waals surface area contributed by atoms with Crippen molar-refractivity contribution in [3.05, 3.63) is 47.0 Å². The van der Waals surface area contributed by atoms with Crippen LogP contribution in [0.25, 0.3) is 0 Å². The van der Waals surface area contributed by atoms with Crippen LogP contribution in [0.4, 0.5) is 0 Å². The van der Waals surface area contributed by atoms with Gasteiger partial charge in [-0.25, -0.2) is 5.48 Å². The number of hydrogen-bond acceptors (Lipinski definition) is 3. The number of amides is 2. The van der Waals surface area contributed by atoms with Crippen molar-refractivity contribution in [2.45, 2.75) is 38.5 Å². The molecule has 118 valence electrons. The summed E-state index contributed by atoms with van der Waals surface area (Å²) in [5.41, 5.74) is 4.88. The van der Waals surface area contributed by atoms with E-state index < -0.39 is 5.91 Å². The maximum atomic E-state index is 12.0. The fourth-order valence-corrected chi connectivity index (χ4v) is 2.73. The molecule has 5 heteroatoms. The predicted octanol–water partition coefficient (Wildman–Crippen LogP) is 2.11. The maximum absolute atomic E-state index is 12.0. The molecule has 1 aliphatic rings. The topological polar surface area (TPSA) is 78.4 Å². The van der Waals surface area contributed by atoms with Gasteiger partial charge in [0.2, 0.25) is 11.8 Å². The second-order valence-corrected chi connectivity index (χ2v) is 5.46. The predicted molar refractivity (Wildman–Crippen MR) is 83.2 cm³/mol. The number of rotatable bonds is 7. The highest BCUT2D eigenvalue weighted by Crippen LogP contribution is 2.23. The molecule has 3 N–H and O–H groups in total. The first-order chi connectivity index (χ1) is 10.7. The van der Waals surface area contributed by atoms with E-state index in [2.05, 4.69) is 17.4 Å². The van der Waals surface area contributed by atoms with Gasteiger partial charge in [-0.3, -0.25) is 14.8 Å². The molecular weight excluding hydrogens is 280 g/mol. The number of carbonyl (C=O) groups is 2. The van der Waals surface area contributed by atoms with Crippen LogP contribution in [0.2, 0.25) is 0 Å². The summed E-state index contributed by atoms with van der Waals surface area (Å²) in [5.74, 6) is -0.429. The van der Waals surface area contributed by atoms with Gasteiger partial charge in [-0.15, -0.1) is 0 Å². The zero-order valence-corrected chi connectivity index (χ0v) is 12.6. The molecule has 0 aliphatic carbocycles. The van der Waals surface area contributed by atoms with Gasteiger partial charge in [-0.2, -0.15) is 0 Å². The second-order valence-electron chi connectivity index (χ2n) is 5.46. The Morgan fingerprint density at radius 3 is 2.68 bits per heavy atom. The van der Waals surface area contributed by atoms with Crippen LogP contribution in [-0.2, 0) is 16.0 Å². The smallest absolute Gasteiger partial charge is 0.247 e. The fraction of sp³-hybridized carbons (Fsp3) is 0.412. The van der Waals surface area contributed by atoms with Gasteiger partial charge in [0, 0.05) is 18.5 Å². The molecule has 2 amide bonds. The molecular formula is C17H22N2O3. The van der Waals surface area contributed by atoms with Crippen molar-refractivity contribution < 1.29 is 14.8 Å². The number of hydrogen-bond donors (Lipinski definition) is 3. The highest BCUT2D eigenvalue weighted by atomic mass is 16.5. The first-order valence-electron chi connectivity index (χ1n) is 7.66. The van der Waals surface area contributed by atoms with Crippen molar-refractivity contribution >= 4 is 11.8 Å². The van der Waals surface area contributed by atoms with Crippen LogP contribution in [0.3, 0.4) is 0 Å². The average molecular weight is 302 g/mol. The number of hydroxylamine groups is 1. The zero-order chi connectivity index (χ0) is 15.8. The maximum Gasteiger partial charge on any atom is 0.247 e. The Hall–Kier alpha value is -2.14. The Labute approximate surface area is 130 Å². The lowest BCUT2D eigenvalue weighted by Crippen LogP contribution is -2.32. The second kappa shape index (κ2) is 8.34. The number of nitrogens with one attached hydrogen (secondary N) is 2. The molecule has 0 saturated heterocycles. The van der Waals surface area contributed by atoms with E-state index in [9.17, 15) is 9.59 Å². The van der Waals surface area contributed by atoms with Crippen LogP contribution in [0.5, 0.6) is 0 Å². The summed E-state index contributed by atoms with van der Waals surface area (Å²) in [5, 5.41) is 11.4. The van der Waals surface area contributed by atoms with Gasteiger partial charge < -0.3 is 5.32 Å². The van der Waals surface area contributed by atoms with Gasteiger partial charge in [0.1, 0.15) is 0 Å². The summed E-state index contributed by atoms with van der Waals surface area (Å²) in [6.45, 7) is 0.684. The molecule has 1 aliphatic heterocycles. The molecule has 0 aromatic heterocycles. The van der Waals surface area contributed by atoms with Gasteiger partial charge in [-0.05, 0) is 37.7 Å². The Bertz CT molecular complexity index is 552. The molecule has 0 spiro atoms. The van der Waals surface area contributed by atoms with E-state index in [0.29, 0.717) is 19.4 Å². The zero-order valence-electron chi connectivity index (χ0n) is 12.6. The molecule has 0 saturated carbocycles. The van der Waals surface area contributed by atoms with Crippen molar-refractivity contribution in [3.8, 4) is 0 Å². The number of benzene rings is 1. The Balaban J connectivity index is 1.97. The van der Waals surface area contributed by atoms with Crippen LogP contribution < -0.4 is 10.8 Å². The van der Waals surface area contributed by atoms with Gasteiger partial charge in [0.15, 0.2) is 0 Å². The van der Waals surface area contributed by atoms with Crippen LogP contribution in [0.15, 0.2) is 41.5 Å². The van der Waals surface area contributed by atoms with E-state index in [1.807, 2.05) is 18.2 Å². The van der Waals surface area contributed by atoms with Gasteiger partial charge >= 0.3 is 0 Å². The minimum Gasteiger partial charge on any atom is -0.352 e. The molecule has 0 radical (unpaired) electrons. The molecule has 1 heterocycles. The van der Waals surface area contributed by atoms with Crippen LogP contribution >= 0.6 is 0 Å². The quantitative estimate of drug-likeness (QED) is 0.533. The third-order valence-electron chi connectivity index (χ3n) is 3.93. The Kier molecular flexibility index (Phi) is 6.15. The Morgan fingerprint density at radius 2 is 1.95 bits per heavy atom. The molecule has 22 heavy (non-hydrogen) atoms. The van der Waals surface area contributed by atoms with Gasteiger partial charge in [0.25, 0.3) is 0 Å². The molecule has 1 aromatic carbocycles. The van der Waals surface area contributed by atoms with Crippen LogP contribution in [0, 0.1) is 0 Å². The van der Waals surface area contributed by atoms with Crippen molar-refractivity contribution in [1.82, 2.24) is 10.8 Å². The summed E-state index contributed by atoms with van der Waals surface area (Å²) < 4.78 is 0. The molecule has 1 aromatic rings. The lowest BCUT2D eigenvalue weighted by atomic mass is 9.91. The Morgan fingerprint density at radius 1 is 1.18 bits per heavy atom. The molecule has 0 bridgehead atoms. The SMILES string of the molecule is O=C(CCCC1=C(CCc2ccccc2)CCNC1=O)NO. The van der Waals surface area contributed by atoms with Gasteiger partial charge in [0.05, 0.1) is 0 Å². The van der Waals surface area contributed by atoms with Crippen molar-refractivity contribution in [3.63, 3.8) is 0 Å². The van der Waals surface area contributed by atoms with E-state index >= 15 is 0 Å². The summed E-state index contributed by atoms with van der Waals surface area (Å²) in [4.78, 5) is 23.1. The third kappa shape index (κ3) is 4.70. The molecule has 5 nitrogen and oxygen atoms in total. The van der Waals surface area contributed by atoms with Crippen LogP contribution in [-0.4, -0.2) is 23.6 Å². The van der Waals surface area contributed by atoms with E-state index in [-0.39, 0.29) is 12.3 Å². The van der Waals surface area contributed by atoms with E-state index in [4.69, 9.17) is 5.21 Å². The molecule has 0 fully saturated rings. The summed E-state index contributed by atoms with van der Waals surface area (Å²) in [6, 6.07) is 10.2. The van der Waals surface area contributed by atoms with Gasteiger partial charge in [-0.1, -0.05) is 35.9 Å². The fourth-order valence-electron chi connectivity index (χ4n) is 2.73. The largest absolute Gasteiger partial charge is 0.352 e. The lowest BCUT2D eigenvalue weighted by molar-refractivity contribution is -0.129. The first-order valence-corrected chi connectivity index (χ1v) is 7.66. The first kappa shape index (κ1) is 16.2. The highest BCUT2D eigenvalue weighted by Gasteiger charge is 2.19. The minimum atomic E-state index is -0.414. The third-order valence-corrected chi connectivity index (χ3v) is 3.93. The van der Waals surface area contributed by atoms with E-state index in [1.54, 1.807) is 5.48 Å². The molecule has 0 unspecified atom stereocenters. The lowest BCUT2D eigenvalue weighted by Gasteiger charge is -2.21.